The van der Waals surface area contributed by atoms with Gasteiger partial charge in [-0.2, -0.15) is 0 Å². The van der Waals surface area contributed by atoms with E-state index in [1.54, 1.807) is 0 Å². The number of likely N-dealkylation sites (N-methyl/N-ethyl adjacent to an activating group) is 1. The van der Waals surface area contributed by atoms with Gasteiger partial charge in [-0.25, -0.2) is 4.98 Å². The highest BCUT2D eigenvalue weighted by Crippen LogP contribution is 2.30. The van der Waals surface area contributed by atoms with Crippen molar-refractivity contribution in [2.24, 2.45) is 0 Å². The number of nitrogens with one attached hydrogen (secondary N) is 2. The molecule has 0 aliphatic heterocycles. The fraction of sp³-hybridized carbons (Fsp3) is 0.400. The number of halogens is 1. The lowest BCUT2D eigenvalue weighted by molar-refractivity contribution is 0.764. The minimum atomic E-state index is 0.902. The Hall–Kier alpha value is -1.13. The fourth-order valence-electron chi connectivity index (χ4n) is 2.15. The third-order valence-electron chi connectivity index (χ3n) is 3.42. The molecule has 0 atom stereocenters. The van der Waals surface area contributed by atoms with Crippen LogP contribution in [-0.4, -0.2) is 23.6 Å². The second-order valence-corrected chi connectivity index (χ2v) is 5.74. The Morgan fingerprint density at radius 3 is 2.53 bits per heavy atom. The molecule has 19 heavy (non-hydrogen) atoms. The lowest BCUT2D eigenvalue weighted by Gasteiger charge is -2.08. The van der Waals surface area contributed by atoms with Crippen LogP contribution >= 0.6 is 15.9 Å². The zero-order valence-electron chi connectivity index (χ0n) is 11.9. The van der Waals surface area contributed by atoms with Crippen molar-refractivity contribution in [3.05, 3.63) is 39.3 Å². The summed E-state index contributed by atoms with van der Waals surface area (Å²) in [7, 11) is 1.95. The molecule has 1 aromatic carbocycles. The Morgan fingerprint density at radius 1 is 1.16 bits per heavy atom. The first-order chi connectivity index (χ1) is 9.02. The molecule has 0 unspecified atom stereocenters. The van der Waals surface area contributed by atoms with Gasteiger partial charge in [0.15, 0.2) is 0 Å². The molecule has 1 aromatic heterocycles. The smallest absolute Gasteiger partial charge is 0.110 e. The zero-order chi connectivity index (χ0) is 14.0. The predicted molar refractivity (Wildman–Crippen MR) is 83.6 cm³/mol. The van der Waals surface area contributed by atoms with E-state index >= 15 is 0 Å². The molecule has 0 aliphatic carbocycles. The quantitative estimate of drug-likeness (QED) is 0.904. The summed E-state index contributed by atoms with van der Waals surface area (Å²) < 4.78 is 0.963. The molecular weight excluding hydrogens is 302 g/mol. The Balaban J connectivity index is 2.41. The Bertz CT molecular complexity index is 587. The zero-order valence-corrected chi connectivity index (χ0v) is 13.5. The second kappa shape index (κ2) is 5.88. The standard InChI is InChI=1S/C15H20BrN3/c1-9-7-11(3)12(8-10(9)2)14-15(16)19-13(18-14)5-6-17-4/h7-8,17H,5-6H2,1-4H3,(H,18,19). The van der Waals surface area contributed by atoms with Crippen LogP contribution in [0.3, 0.4) is 0 Å². The summed E-state index contributed by atoms with van der Waals surface area (Å²) in [6.07, 6.45) is 0.902. The third kappa shape index (κ3) is 3.07. The minimum absolute atomic E-state index is 0.902. The van der Waals surface area contributed by atoms with Gasteiger partial charge in [0.05, 0.1) is 0 Å². The largest absolute Gasteiger partial charge is 0.336 e. The van der Waals surface area contributed by atoms with E-state index in [1.807, 2.05) is 7.05 Å². The van der Waals surface area contributed by atoms with Crippen molar-refractivity contribution in [3.63, 3.8) is 0 Å². The van der Waals surface area contributed by atoms with Crippen LogP contribution in [-0.2, 0) is 6.42 Å². The maximum Gasteiger partial charge on any atom is 0.110 e. The molecule has 0 fully saturated rings. The minimum Gasteiger partial charge on any atom is -0.336 e. The SMILES string of the molecule is CNCCc1nc(-c2cc(C)c(C)cc2C)c(Br)[nH]1. The van der Waals surface area contributed by atoms with Crippen LogP contribution in [0.1, 0.15) is 22.5 Å². The van der Waals surface area contributed by atoms with E-state index in [-0.39, 0.29) is 0 Å². The molecule has 1 heterocycles. The van der Waals surface area contributed by atoms with Crippen molar-refractivity contribution in [2.45, 2.75) is 27.2 Å². The van der Waals surface area contributed by atoms with Crippen LogP contribution < -0.4 is 5.32 Å². The van der Waals surface area contributed by atoms with Gasteiger partial charge < -0.3 is 10.3 Å². The average molecular weight is 322 g/mol. The van der Waals surface area contributed by atoms with Crippen LogP contribution in [0.15, 0.2) is 16.7 Å². The monoisotopic (exact) mass is 321 g/mol. The summed E-state index contributed by atoms with van der Waals surface area (Å²) in [4.78, 5) is 8.01. The van der Waals surface area contributed by atoms with Gasteiger partial charge in [-0.1, -0.05) is 6.07 Å². The van der Waals surface area contributed by atoms with Crippen LogP contribution in [0.5, 0.6) is 0 Å². The Kier molecular flexibility index (Phi) is 4.42. The molecule has 2 rings (SSSR count). The second-order valence-electron chi connectivity index (χ2n) is 4.95. The van der Waals surface area contributed by atoms with Crippen LogP contribution in [0.2, 0.25) is 0 Å². The Morgan fingerprint density at radius 2 is 1.84 bits per heavy atom. The van der Waals surface area contributed by atoms with Gasteiger partial charge in [-0.15, -0.1) is 0 Å². The maximum atomic E-state index is 4.71. The molecule has 0 radical (unpaired) electrons. The van der Waals surface area contributed by atoms with E-state index in [2.05, 4.69) is 59.1 Å². The fourth-order valence-corrected chi connectivity index (χ4v) is 2.68. The molecule has 0 bridgehead atoms. The normalized spacial score (nSPS) is 11.0. The summed E-state index contributed by atoms with van der Waals surface area (Å²) >= 11 is 3.58. The molecule has 3 nitrogen and oxygen atoms in total. The molecule has 0 spiro atoms. The first-order valence-electron chi connectivity index (χ1n) is 6.50. The van der Waals surface area contributed by atoms with Gasteiger partial charge in [0.25, 0.3) is 0 Å². The highest BCUT2D eigenvalue weighted by molar-refractivity contribution is 9.10. The highest BCUT2D eigenvalue weighted by atomic mass is 79.9. The predicted octanol–water partition coefficient (Wildman–Crippen LogP) is 3.53. The molecule has 0 saturated carbocycles. The van der Waals surface area contributed by atoms with Crippen LogP contribution in [0.4, 0.5) is 0 Å². The van der Waals surface area contributed by atoms with Gasteiger partial charge in [0, 0.05) is 18.5 Å². The van der Waals surface area contributed by atoms with E-state index < -0.39 is 0 Å². The number of hydrogen-bond donors (Lipinski definition) is 2. The van der Waals surface area contributed by atoms with Crippen molar-refractivity contribution >= 4 is 15.9 Å². The van der Waals surface area contributed by atoms with Crippen molar-refractivity contribution < 1.29 is 0 Å². The van der Waals surface area contributed by atoms with Crippen molar-refractivity contribution in [1.82, 2.24) is 15.3 Å². The first-order valence-corrected chi connectivity index (χ1v) is 7.29. The molecule has 0 aliphatic rings. The van der Waals surface area contributed by atoms with Gasteiger partial charge in [0.1, 0.15) is 16.1 Å². The third-order valence-corrected chi connectivity index (χ3v) is 3.99. The summed E-state index contributed by atoms with van der Waals surface area (Å²) in [6.45, 7) is 7.34. The molecule has 4 heteroatoms. The van der Waals surface area contributed by atoms with E-state index in [0.29, 0.717) is 0 Å². The van der Waals surface area contributed by atoms with Crippen molar-refractivity contribution in [1.29, 1.82) is 0 Å². The topological polar surface area (TPSA) is 40.7 Å². The number of H-pyrrole nitrogens is 1. The van der Waals surface area contributed by atoms with Crippen LogP contribution in [0.25, 0.3) is 11.3 Å². The number of hydrogen-bond acceptors (Lipinski definition) is 2. The number of imidazole rings is 1. The van der Waals surface area contributed by atoms with Crippen molar-refractivity contribution in [3.8, 4) is 11.3 Å². The molecule has 2 aromatic rings. The number of nitrogens with zero attached hydrogens (tertiary/aromatic N) is 1. The summed E-state index contributed by atoms with van der Waals surface area (Å²) in [5.74, 6) is 1.01. The number of aryl methyl sites for hydroxylation is 3. The first kappa shape index (κ1) is 14.3. The summed E-state index contributed by atoms with van der Waals surface area (Å²) in [6, 6.07) is 4.44. The number of rotatable bonds is 4. The summed E-state index contributed by atoms with van der Waals surface area (Å²) in [5.41, 5.74) is 6.08. The van der Waals surface area contributed by atoms with Gasteiger partial charge in [0.2, 0.25) is 0 Å². The molecule has 102 valence electrons. The highest BCUT2D eigenvalue weighted by Gasteiger charge is 2.13. The van der Waals surface area contributed by atoms with Crippen LogP contribution in [0, 0.1) is 20.8 Å². The average Bonchev–Trinajstić information content (AvgIpc) is 2.72. The van der Waals surface area contributed by atoms with Gasteiger partial charge in [-0.3, -0.25) is 0 Å². The van der Waals surface area contributed by atoms with E-state index in [4.69, 9.17) is 4.98 Å². The molecule has 2 N–H and O–H groups in total. The van der Waals surface area contributed by atoms with Crippen molar-refractivity contribution in [2.75, 3.05) is 13.6 Å². The number of aromatic amines is 1. The van der Waals surface area contributed by atoms with Gasteiger partial charge in [-0.05, 0) is 66.5 Å². The maximum absolute atomic E-state index is 4.71. The van der Waals surface area contributed by atoms with E-state index in [0.717, 1.165) is 29.1 Å². The number of benzene rings is 1. The summed E-state index contributed by atoms with van der Waals surface area (Å²) in [5, 5.41) is 3.14. The molecule has 0 amide bonds. The van der Waals surface area contributed by atoms with E-state index in [9.17, 15) is 0 Å². The van der Waals surface area contributed by atoms with Gasteiger partial charge >= 0.3 is 0 Å². The lowest BCUT2D eigenvalue weighted by atomic mass is 9.99. The number of aromatic nitrogens is 2. The molecule has 0 saturated heterocycles. The Labute approximate surface area is 123 Å². The molecular formula is C15H20BrN3. The lowest BCUT2D eigenvalue weighted by Crippen LogP contribution is -2.11. The van der Waals surface area contributed by atoms with E-state index in [1.165, 1.54) is 22.3 Å².